The molecule has 0 spiro atoms. The summed E-state index contributed by atoms with van der Waals surface area (Å²) in [5, 5.41) is 7.21. The Bertz CT molecular complexity index is 651. The fraction of sp³-hybridized carbons (Fsp3) is 0.632. The maximum Gasteiger partial charge on any atom is 0.408 e. The van der Waals surface area contributed by atoms with E-state index in [4.69, 9.17) is 4.74 Å². The number of amides is 2. The van der Waals surface area contributed by atoms with Gasteiger partial charge in [0.25, 0.3) is 0 Å². The van der Waals surface area contributed by atoms with Crippen LogP contribution in [-0.4, -0.2) is 42.8 Å². The van der Waals surface area contributed by atoms with Crippen molar-refractivity contribution in [2.75, 3.05) is 7.11 Å². The lowest BCUT2D eigenvalue weighted by Gasteiger charge is -2.24. The van der Waals surface area contributed by atoms with Gasteiger partial charge in [-0.25, -0.2) is 9.59 Å². The van der Waals surface area contributed by atoms with E-state index in [9.17, 15) is 14.4 Å². The number of aryl methyl sites for hydroxylation is 2. The molecule has 1 aromatic rings. The maximum absolute atomic E-state index is 12.5. The second-order valence-electron chi connectivity index (χ2n) is 7.37. The maximum atomic E-state index is 12.5. The van der Waals surface area contributed by atoms with Gasteiger partial charge in [0, 0.05) is 4.88 Å². The quantitative estimate of drug-likeness (QED) is 0.657. The molecule has 2 amide bonds. The summed E-state index contributed by atoms with van der Waals surface area (Å²) in [6.45, 7) is 8.83. The van der Waals surface area contributed by atoms with Gasteiger partial charge in [-0.3, -0.25) is 4.79 Å². The molecular formula is C19H30N2O5S. The Morgan fingerprint density at radius 3 is 2.41 bits per heavy atom. The van der Waals surface area contributed by atoms with Gasteiger partial charge in [0.15, 0.2) is 0 Å². The van der Waals surface area contributed by atoms with Crippen LogP contribution in [0.3, 0.4) is 0 Å². The fourth-order valence-electron chi connectivity index (χ4n) is 2.40. The highest BCUT2D eigenvalue weighted by molar-refractivity contribution is 7.10. The molecular weight excluding hydrogens is 368 g/mol. The predicted molar refractivity (Wildman–Crippen MR) is 105 cm³/mol. The SMILES string of the molecule is COC(=O)[C@H](C)NC(=O)[C@H](CCCc1sccc1C)NC(=O)OC(C)(C)C. The molecule has 1 rings (SSSR count). The van der Waals surface area contributed by atoms with Crippen LogP contribution in [0, 0.1) is 6.92 Å². The van der Waals surface area contributed by atoms with Crippen LogP contribution >= 0.6 is 11.3 Å². The Morgan fingerprint density at radius 2 is 1.89 bits per heavy atom. The van der Waals surface area contributed by atoms with Gasteiger partial charge in [0.2, 0.25) is 5.91 Å². The molecule has 0 aromatic carbocycles. The third kappa shape index (κ3) is 8.43. The van der Waals surface area contributed by atoms with Crippen LogP contribution in [-0.2, 0) is 25.5 Å². The number of nitrogens with one attached hydrogen (secondary N) is 2. The van der Waals surface area contributed by atoms with Gasteiger partial charge in [-0.15, -0.1) is 11.3 Å². The number of thiophene rings is 1. The van der Waals surface area contributed by atoms with Crippen LogP contribution in [0.1, 0.15) is 51.0 Å². The number of carbonyl (C=O) groups is 3. The third-order valence-electron chi connectivity index (χ3n) is 3.79. The first-order chi connectivity index (χ1) is 12.5. The fourth-order valence-corrected chi connectivity index (χ4v) is 3.35. The van der Waals surface area contributed by atoms with Crippen molar-refractivity contribution in [3.05, 3.63) is 21.9 Å². The summed E-state index contributed by atoms with van der Waals surface area (Å²) in [5.41, 5.74) is 0.554. The number of hydrogen-bond donors (Lipinski definition) is 2. The minimum absolute atomic E-state index is 0.427. The molecule has 8 heteroatoms. The lowest BCUT2D eigenvalue weighted by Crippen LogP contribution is -2.51. The molecule has 0 radical (unpaired) electrons. The van der Waals surface area contributed by atoms with E-state index in [1.165, 1.54) is 24.5 Å². The summed E-state index contributed by atoms with van der Waals surface area (Å²) >= 11 is 1.68. The lowest BCUT2D eigenvalue weighted by atomic mass is 10.1. The van der Waals surface area contributed by atoms with Crippen molar-refractivity contribution >= 4 is 29.3 Å². The Labute approximate surface area is 164 Å². The molecule has 0 aliphatic carbocycles. The van der Waals surface area contributed by atoms with Crippen molar-refractivity contribution in [2.45, 2.75) is 71.6 Å². The smallest absolute Gasteiger partial charge is 0.408 e. The van der Waals surface area contributed by atoms with Crippen molar-refractivity contribution in [3.63, 3.8) is 0 Å². The van der Waals surface area contributed by atoms with Crippen LogP contribution in [0.25, 0.3) is 0 Å². The number of methoxy groups -OCH3 is 1. The Morgan fingerprint density at radius 1 is 1.22 bits per heavy atom. The predicted octanol–water partition coefficient (Wildman–Crippen LogP) is 2.95. The molecule has 0 fully saturated rings. The zero-order chi connectivity index (χ0) is 20.6. The van der Waals surface area contributed by atoms with Crippen molar-refractivity contribution < 1.29 is 23.9 Å². The molecule has 152 valence electrons. The molecule has 0 saturated heterocycles. The average Bonchev–Trinajstić information content (AvgIpc) is 2.96. The number of alkyl carbamates (subject to hydrolysis) is 1. The summed E-state index contributed by atoms with van der Waals surface area (Å²) in [7, 11) is 1.25. The van der Waals surface area contributed by atoms with Crippen molar-refractivity contribution in [3.8, 4) is 0 Å². The molecule has 0 bridgehead atoms. The Balaban J connectivity index is 2.72. The van der Waals surface area contributed by atoms with Crippen molar-refractivity contribution in [2.24, 2.45) is 0 Å². The summed E-state index contributed by atoms with van der Waals surface area (Å²) in [5.74, 6) is -0.991. The van der Waals surface area contributed by atoms with E-state index in [0.717, 1.165) is 6.42 Å². The normalized spacial score (nSPS) is 13.4. The summed E-state index contributed by atoms with van der Waals surface area (Å²) in [4.78, 5) is 37.4. The van der Waals surface area contributed by atoms with E-state index in [0.29, 0.717) is 12.8 Å². The molecule has 2 N–H and O–H groups in total. The number of ether oxygens (including phenoxy) is 2. The highest BCUT2D eigenvalue weighted by Crippen LogP contribution is 2.18. The van der Waals surface area contributed by atoms with E-state index in [2.05, 4.69) is 21.4 Å². The van der Waals surface area contributed by atoms with E-state index in [1.807, 2.05) is 12.3 Å². The third-order valence-corrected chi connectivity index (χ3v) is 4.87. The molecule has 7 nitrogen and oxygen atoms in total. The molecule has 27 heavy (non-hydrogen) atoms. The Kier molecular flexibility index (Phi) is 8.75. The lowest BCUT2D eigenvalue weighted by molar-refractivity contribution is -0.144. The van der Waals surface area contributed by atoms with Crippen molar-refractivity contribution in [1.29, 1.82) is 0 Å². The highest BCUT2D eigenvalue weighted by Gasteiger charge is 2.26. The molecule has 0 aliphatic rings. The molecule has 1 aromatic heterocycles. The first-order valence-corrected chi connectivity index (χ1v) is 9.82. The van der Waals surface area contributed by atoms with Gasteiger partial charge in [-0.05, 0) is 70.9 Å². The second-order valence-corrected chi connectivity index (χ2v) is 8.37. The van der Waals surface area contributed by atoms with Gasteiger partial charge < -0.3 is 20.1 Å². The first kappa shape index (κ1) is 23.0. The number of hydrogen-bond acceptors (Lipinski definition) is 6. The van der Waals surface area contributed by atoms with Crippen LogP contribution in [0.5, 0.6) is 0 Å². The number of carbonyl (C=O) groups excluding carboxylic acids is 3. The first-order valence-electron chi connectivity index (χ1n) is 8.94. The monoisotopic (exact) mass is 398 g/mol. The van der Waals surface area contributed by atoms with Crippen LogP contribution < -0.4 is 10.6 Å². The van der Waals surface area contributed by atoms with Crippen molar-refractivity contribution in [1.82, 2.24) is 10.6 Å². The minimum Gasteiger partial charge on any atom is -0.467 e. The van der Waals surface area contributed by atoms with Crippen LogP contribution in [0.15, 0.2) is 11.4 Å². The van der Waals surface area contributed by atoms with Crippen LogP contribution in [0.4, 0.5) is 4.79 Å². The summed E-state index contributed by atoms with van der Waals surface area (Å²) < 4.78 is 9.86. The van der Waals surface area contributed by atoms with Crippen LogP contribution in [0.2, 0.25) is 0 Å². The highest BCUT2D eigenvalue weighted by atomic mass is 32.1. The van der Waals surface area contributed by atoms with Gasteiger partial charge in [0.1, 0.15) is 17.7 Å². The van der Waals surface area contributed by atoms with Gasteiger partial charge >= 0.3 is 12.1 Å². The van der Waals surface area contributed by atoms with E-state index in [-0.39, 0.29) is 0 Å². The number of esters is 1. The van der Waals surface area contributed by atoms with E-state index in [1.54, 1.807) is 32.1 Å². The molecule has 1 heterocycles. The average molecular weight is 399 g/mol. The molecule has 0 saturated carbocycles. The van der Waals surface area contributed by atoms with Gasteiger partial charge in [0.05, 0.1) is 7.11 Å². The molecule has 0 aliphatic heterocycles. The Hall–Kier alpha value is -2.09. The van der Waals surface area contributed by atoms with E-state index >= 15 is 0 Å². The van der Waals surface area contributed by atoms with Gasteiger partial charge in [-0.1, -0.05) is 0 Å². The van der Waals surface area contributed by atoms with E-state index < -0.39 is 35.7 Å². The standard InChI is InChI=1S/C19H30N2O5S/c1-12-10-11-27-15(12)9-7-8-14(21-18(24)26-19(3,4)5)16(22)20-13(2)17(23)25-6/h10-11,13-14H,7-9H2,1-6H3,(H,20,22)(H,21,24)/t13-,14-/m0/s1. The second kappa shape index (κ2) is 10.3. The summed E-state index contributed by atoms with van der Waals surface area (Å²) in [6, 6.07) is 0.457. The molecule has 0 unspecified atom stereocenters. The largest absolute Gasteiger partial charge is 0.467 e. The zero-order valence-corrected chi connectivity index (χ0v) is 17.7. The minimum atomic E-state index is -0.801. The summed E-state index contributed by atoms with van der Waals surface area (Å²) in [6.07, 6.45) is 1.29. The zero-order valence-electron chi connectivity index (χ0n) is 16.9. The topological polar surface area (TPSA) is 93.7 Å². The molecule has 2 atom stereocenters. The number of rotatable bonds is 8. The van der Waals surface area contributed by atoms with Gasteiger partial charge in [-0.2, -0.15) is 0 Å².